The third kappa shape index (κ3) is 5.92. The first kappa shape index (κ1) is 22.4. The highest BCUT2D eigenvalue weighted by Crippen LogP contribution is 2.21. The molecule has 0 aliphatic rings. The zero-order valence-corrected chi connectivity index (χ0v) is 18.0. The molecule has 3 aromatic carbocycles. The molecule has 9 nitrogen and oxygen atoms in total. The number of nitrogens with one attached hydrogen (secondary N) is 2. The Hall–Kier alpha value is -4.79. The zero-order chi connectivity index (χ0) is 23.8. The van der Waals surface area contributed by atoms with Crippen LogP contribution in [0, 0.1) is 10.1 Å². The second-order valence-corrected chi connectivity index (χ2v) is 7.32. The Bertz CT molecular complexity index is 1280. The van der Waals surface area contributed by atoms with Crippen LogP contribution in [0.25, 0.3) is 11.3 Å². The fourth-order valence-electron chi connectivity index (χ4n) is 3.15. The van der Waals surface area contributed by atoms with Crippen molar-refractivity contribution in [2.75, 3.05) is 6.61 Å². The highest BCUT2D eigenvalue weighted by Gasteiger charge is 2.11. The van der Waals surface area contributed by atoms with Crippen molar-refractivity contribution < 1.29 is 14.5 Å². The van der Waals surface area contributed by atoms with E-state index in [-0.39, 0.29) is 11.4 Å². The number of nitro benzene ring substituents is 1. The van der Waals surface area contributed by atoms with Crippen LogP contribution in [0.5, 0.6) is 5.75 Å². The maximum atomic E-state index is 12.3. The minimum absolute atomic E-state index is 0.0158. The summed E-state index contributed by atoms with van der Waals surface area (Å²) in [6, 6.07) is 25.1. The summed E-state index contributed by atoms with van der Waals surface area (Å²) in [7, 11) is 0. The van der Waals surface area contributed by atoms with Crippen LogP contribution in [-0.2, 0) is 6.42 Å². The van der Waals surface area contributed by atoms with Gasteiger partial charge < -0.3 is 4.74 Å². The Labute approximate surface area is 195 Å². The number of benzene rings is 3. The number of non-ortho nitro benzene ring substituents is 1. The molecule has 0 aliphatic heterocycles. The van der Waals surface area contributed by atoms with Gasteiger partial charge in [0, 0.05) is 24.1 Å². The van der Waals surface area contributed by atoms with Gasteiger partial charge in [0.15, 0.2) is 0 Å². The lowest BCUT2D eigenvalue weighted by molar-refractivity contribution is -0.384. The molecule has 0 fully saturated rings. The molecule has 0 aliphatic carbocycles. The van der Waals surface area contributed by atoms with Gasteiger partial charge in [-0.25, -0.2) is 5.43 Å². The molecule has 1 amide bonds. The van der Waals surface area contributed by atoms with E-state index in [1.807, 2.05) is 42.5 Å². The predicted molar refractivity (Wildman–Crippen MR) is 128 cm³/mol. The average molecular weight is 455 g/mol. The van der Waals surface area contributed by atoms with Crippen LogP contribution in [0.1, 0.15) is 21.6 Å². The number of carbonyl (C=O) groups is 1. The Morgan fingerprint density at radius 2 is 1.79 bits per heavy atom. The van der Waals surface area contributed by atoms with Gasteiger partial charge in [-0.1, -0.05) is 30.3 Å². The lowest BCUT2D eigenvalue weighted by atomic mass is 10.1. The lowest BCUT2D eigenvalue weighted by Crippen LogP contribution is -2.17. The molecule has 34 heavy (non-hydrogen) atoms. The first-order valence-electron chi connectivity index (χ1n) is 10.5. The fraction of sp³-hybridized carbons (Fsp3) is 0.0800. The smallest absolute Gasteiger partial charge is 0.289 e. The van der Waals surface area contributed by atoms with E-state index in [9.17, 15) is 14.9 Å². The van der Waals surface area contributed by atoms with Gasteiger partial charge in [-0.15, -0.1) is 0 Å². The summed E-state index contributed by atoms with van der Waals surface area (Å²) < 4.78 is 5.80. The predicted octanol–water partition coefficient (Wildman–Crippen LogP) is 4.37. The van der Waals surface area contributed by atoms with Gasteiger partial charge in [0.1, 0.15) is 11.4 Å². The average Bonchev–Trinajstić information content (AvgIpc) is 3.36. The van der Waals surface area contributed by atoms with Crippen molar-refractivity contribution in [1.82, 2.24) is 15.6 Å². The summed E-state index contributed by atoms with van der Waals surface area (Å²) in [6.45, 7) is 0.580. The molecule has 4 rings (SSSR count). The Balaban J connectivity index is 1.29. The van der Waals surface area contributed by atoms with Crippen molar-refractivity contribution >= 4 is 17.8 Å². The van der Waals surface area contributed by atoms with Crippen LogP contribution >= 0.6 is 0 Å². The van der Waals surface area contributed by atoms with Crippen LogP contribution in [0.4, 0.5) is 5.69 Å². The van der Waals surface area contributed by atoms with Crippen LogP contribution in [0.3, 0.4) is 0 Å². The first-order chi connectivity index (χ1) is 16.6. The molecule has 4 aromatic rings. The molecule has 2 N–H and O–H groups in total. The van der Waals surface area contributed by atoms with Gasteiger partial charge in [-0.05, 0) is 53.6 Å². The van der Waals surface area contributed by atoms with Crippen molar-refractivity contribution in [3.63, 3.8) is 0 Å². The zero-order valence-electron chi connectivity index (χ0n) is 18.0. The Morgan fingerprint density at radius 1 is 1.06 bits per heavy atom. The molecular formula is C25H21N5O4. The van der Waals surface area contributed by atoms with Crippen LogP contribution in [0.2, 0.25) is 0 Å². The highest BCUT2D eigenvalue weighted by molar-refractivity contribution is 5.94. The summed E-state index contributed by atoms with van der Waals surface area (Å²) in [5.74, 6) is 0.298. The molecule has 1 aromatic heterocycles. The van der Waals surface area contributed by atoms with E-state index >= 15 is 0 Å². The summed E-state index contributed by atoms with van der Waals surface area (Å²) in [5, 5.41) is 21.4. The van der Waals surface area contributed by atoms with Crippen LogP contribution in [-0.4, -0.2) is 33.8 Å². The topological polar surface area (TPSA) is 123 Å². The number of aromatic nitrogens is 2. The number of carbonyl (C=O) groups excluding carboxylic acids is 1. The molecule has 0 atom stereocenters. The molecule has 170 valence electrons. The number of aromatic amines is 1. The first-order valence-corrected chi connectivity index (χ1v) is 10.5. The standard InChI is InChI=1S/C25H21N5O4/c31-25(29-26-17-19-6-10-21(11-7-19)30(32)33)24-16-23(27-28-24)20-8-12-22(13-9-20)34-15-14-18-4-2-1-3-5-18/h1-13,16-17H,14-15H2,(H,27,28)(H,29,31). The second-order valence-electron chi connectivity index (χ2n) is 7.32. The number of rotatable bonds is 9. The monoisotopic (exact) mass is 455 g/mol. The minimum atomic E-state index is -0.481. The summed E-state index contributed by atoms with van der Waals surface area (Å²) in [6.07, 6.45) is 2.22. The van der Waals surface area contributed by atoms with E-state index in [1.54, 1.807) is 6.07 Å². The second kappa shape index (κ2) is 10.7. The van der Waals surface area contributed by atoms with Crippen LogP contribution in [0.15, 0.2) is 90.0 Å². The summed E-state index contributed by atoms with van der Waals surface area (Å²) >= 11 is 0. The number of hydrogen-bond acceptors (Lipinski definition) is 6. The number of amides is 1. The number of ether oxygens (including phenoxy) is 1. The third-order valence-electron chi connectivity index (χ3n) is 4.96. The lowest BCUT2D eigenvalue weighted by Gasteiger charge is -2.06. The summed E-state index contributed by atoms with van der Waals surface area (Å²) in [4.78, 5) is 22.5. The van der Waals surface area contributed by atoms with E-state index < -0.39 is 10.8 Å². The van der Waals surface area contributed by atoms with E-state index in [1.165, 1.54) is 36.0 Å². The van der Waals surface area contributed by atoms with E-state index in [4.69, 9.17) is 4.74 Å². The molecule has 9 heteroatoms. The largest absolute Gasteiger partial charge is 0.493 e. The maximum absolute atomic E-state index is 12.3. The number of hydrogen-bond donors (Lipinski definition) is 2. The van der Waals surface area contributed by atoms with Gasteiger partial charge in [0.25, 0.3) is 11.6 Å². The molecular weight excluding hydrogens is 434 g/mol. The Kier molecular flexibility index (Phi) is 7.04. The molecule has 0 unspecified atom stereocenters. The van der Waals surface area contributed by atoms with Crippen LogP contribution < -0.4 is 10.2 Å². The van der Waals surface area contributed by atoms with Gasteiger partial charge in [0.05, 0.1) is 23.4 Å². The maximum Gasteiger partial charge on any atom is 0.289 e. The number of nitro groups is 1. The van der Waals surface area contributed by atoms with E-state index in [0.29, 0.717) is 17.9 Å². The normalized spacial score (nSPS) is 10.8. The van der Waals surface area contributed by atoms with Crippen molar-refractivity contribution in [3.8, 4) is 17.0 Å². The van der Waals surface area contributed by atoms with Gasteiger partial charge in [0.2, 0.25) is 0 Å². The molecule has 0 radical (unpaired) electrons. The minimum Gasteiger partial charge on any atom is -0.493 e. The van der Waals surface area contributed by atoms with Gasteiger partial charge >= 0.3 is 0 Å². The SMILES string of the molecule is O=C(NN=Cc1ccc([N+](=O)[O-])cc1)c1cc(-c2ccc(OCCc3ccccc3)cc2)n[nH]1. The third-order valence-corrected chi connectivity index (χ3v) is 4.96. The van der Waals surface area contributed by atoms with Crippen molar-refractivity contribution in [1.29, 1.82) is 0 Å². The molecule has 1 heterocycles. The quantitative estimate of drug-likeness (QED) is 0.220. The van der Waals surface area contributed by atoms with E-state index in [2.05, 4.69) is 32.9 Å². The van der Waals surface area contributed by atoms with E-state index in [0.717, 1.165) is 17.7 Å². The molecule has 0 spiro atoms. The summed E-state index contributed by atoms with van der Waals surface area (Å²) in [5.41, 5.74) is 5.91. The number of nitrogens with zero attached hydrogens (tertiary/aromatic N) is 3. The highest BCUT2D eigenvalue weighted by atomic mass is 16.6. The van der Waals surface area contributed by atoms with Crippen molar-refractivity contribution in [2.24, 2.45) is 5.10 Å². The van der Waals surface area contributed by atoms with Gasteiger partial charge in [-0.3, -0.25) is 20.0 Å². The Morgan fingerprint density at radius 3 is 2.50 bits per heavy atom. The number of hydrazone groups is 1. The van der Waals surface area contributed by atoms with Crippen molar-refractivity contribution in [3.05, 3.63) is 112 Å². The molecule has 0 bridgehead atoms. The molecule has 0 saturated heterocycles. The van der Waals surface area contributed by atoms with Crippen molar-refractivity contribution in [2.45, 2.75) is 6.42 Å². The van der Waals surface area contributed by atoms with Gasteiger partial charge in [-0.2, -0.15) is 10.2 Å². The molecule has 0 saturated carbocycles. The number of H-pyrrole nitrogens is 1. The fourth-order valence-corrected chi connectivity index (χ4v) is 3.15.